The van der Waals surface area contributed by atoms with E-state index in [0.29, 0.717) is 12.1 Å². The van der Waals surface area contributed by atoms with Crippen molar-refractivity contribution in [3.63, 3.8) is 0 Å². The highest BCUT2D eigenvalue weighted by molar-refractivity contribution is 6.30. The topological polar surface area (TPSA) is 29.3 Å². The lowest BCUT2D eigenvalue weighted by atomic mass is 10.1. The quantitative estimate of drug-likeness (QED) is 0.902. The van der Waals surface area contributed by atoms with E-state index >= 15 is 0 Å². The van der Waals surface area contributed by atoms with Crippen molar-refractivity contribution in [1.82, 2.24) is 4.90 Å². The summed E-state index contributed by atoms with van der Waals surface area (Å²) in [5, 5.41) is 0.193. The SMILES string of the molecule is Cl.NC1CCCN(Cc2cccc(Cl)c2F)C1. The molecular formula is C12H17Cl2FN2. The zero-order valence-corrected chi connectivity index (χ0v) is 11.1. The van der Waals surface area contributed by atoms with Gasteiger partial charge in [-0.25, -0.2) is 4.39 Å². The molecule has 0 radical (unpaired) electrons. The lowest BCUT2D eigenvalue weighted by Gasteiger charge is -2.30. The standard InChI is InChI=1S/C12H16ClFN2.ClH/c13-11-5-1-3-9(12(11)14)7-16-6-2-4-10(15)8-16;/h1,3,5,10H,2,4,6-8,15H2;1H. The van der Waals surface area contributed by atoms with E-state index in [2.05, 4.69) is 4.90 Å². The normalized spacial score (nSPS) is 21.0. The van der Waals surface area contributed by atoms with Crippen LogP contribution in [0, 0.1) is 5.82 Å². The van der Waals surface area contributed by atoms with Crippen molar-refractivity contribution in [2.24, 2.45) is 5.73 Å². The fourth-order valence-electron chi connectivity index (χ4n) is 2.15. The van der Waals surface area contributed by atoms with Gasteiger partial charge in [-0.2, -0.15) is 0 Å². The molecule has 1 aliphatic rings. The molecule has 1 aliphatic heterocycles. The summed E-state index contributed by atoms with van der Waals surface area (Å²) in [7, 11) is 0. The molecule has 0 saturated carbocycles. The first-order valence-electron chi connectivity index (χ1n) is 5.57. The Morgan fingerprint density at radius 3 is 2.94 bits per heavy atom. The number of nitrogens with two attached hydrogens (primary N) is 1. The number of rotatable bonds is 2. The molecule has 96 valence electrons. The summed E-state index contributed by atoms with van der Waals surface area (Å²) < 4.78 is 13.7. The molecular weight excluding hydrogens is 262 g/mol. The van der Waals surface area contributed by atoms with Gasteiger partial charge >= 0.3 is 0 Å². The smallest absolute Gasteiger partial charge is 0.146 e. The summed E-state index contributed by atoms with van der Waals surface area (Å²) in [5.74, 6) is -0.302. The molecule has 1 aromatic carbocycles. The van der Waals surface area contributed by atoms with E-state index < -0.39 is 0 Å². The zero-order valence-electron chi connectivity index (χ0n) is 9.53. The van der Waals surface area contributed by atoms with Gasteiger partial charge in [0.05, 0.1) is 5.02 Å². The largest absolute Gasteiger partial charge is 0.327 e. The molecule has 2 nitrogen and oxygen atoms in total. The maximum atomic E-state index is 13.7. The minimum absolute atomic E-state index is 0. The summed E-state index contributed by atoms with van der Waals surface area (Å²) in [5.41, 5.74) is 6.54. The predicted octanol–water partition coefficient (Wildman–Crippen LogP) is 2.82. The van der Waals surface area contributed by atoms with E-state index in [9.17, 15) is 4.39 Å². The average molecular weight is 279 g/mol. The van der Waals surface area contributed by atoms with E-state index in [1.54, 1.807) is 18.2 Å². The lowest BCUT2D eigenvalue weighted by Crippen LogP contribution is -2.42. The van der Waals surface area contributed by atoms with Gasteiger partial charge in [0.25, 0.3) is 0 Å². The van der Waals surface area contributed by atoms with Gasteiger partial charge in [0.15, 0.2) is 0 Å². The maximum absolute atomic E-state index is 13.7. The zero-order chi connectivity index (χ0) is 11.5. The Bertz CT molecular complexity index is 374. The summed E-state index contributed by atoms with van der Waals surface area (Å²) in [4.78, 5) is 2.18. The Labute approximate surface area is 112 Å². The van der Waals surface area contributed by atoms with Crippen LogP contribution in [-0.2, 0) is 6.54 Å². The second kappa shape index (κ2) is 6.55. The van der Waals surface area contributed by atoms with Gasteiger partial charge in [0.2, 0.25) is 0 Å². The van der Waals surface area contributed by atoms with Crippen LogP contribution in [0.15, 0.2) is 18.2 Å². The van der Waals surface area contributed by atoms with E-state index in [-0.39, 0.29) is 29.3 Å². The molecule has 1 saturated heterocycles. The Kier molecular flexibility index (Phi) is 5.67. The Balaban J connectivity index is 0.00000144. The minimum atomic E-state index is -0.302. The molecule has 0 amide bonds. The van der Waals surface area contributed by atoms with Crippen LogP contribution >= 0.6 is 24.0 Å². The van der Waals surface area contributed by atoms with Gasteiger partial charge in [-0.3, -0.25) is 4.90 Å². The molecule has 0 bridgehead atoms. The Hall–Kier alpha value is -0.350. The average Bonchev–Trinajstić information content (AvgIpc) is 2.25. The maximum Gasteiger partial charge on any atom is 0.146 e. The van der Waals surface area contributed by atoms with Crippen molar-refractivity contribution in [3.05, 3.63) is 34.6 Å². The van der Waals surface area contributed by atoms with Crippen LogP contribution < -0.4 is 5.73 Å². The van der Waals surface area contributed by atoms with Gasteiger partial charge in [0, 0.05) is 24.7 Å². The van der Waals surface area contributed by atoms with Crippen molar-refractivity contribution in [2.75, 3.05) is 13.1 Å². The molecule has 17 heavy (non-hydrogen) atoms. The molecule has 5 heteroatoms. The van der Waals surface area contributed by atoms with E-state index in [1.807, 2.05) is 0 Å². The number of nitrogens with zero attached hydrogens (tertiary/aromatic N) is 1. The van der Waals surface area contributed by atoms with Crippen molar-refractivity contribution in [3.8, 4) is 0 Å². The van der Waals surface area contributed by atoms with Crippen LogP contribution in [0.1, 0.15) is 18.4 Å². The second-order valence-electron chi connectivity index (χ2n) is 4.35. The third-order valence-corrected chi connectivity index (χ3v) is 3.26. The van der Waals surface area contributed by atoms with E-state index in [0.717, 1.165) is 25.9 Å². The van der Waals surface area contributed by atoms with E-state index in [4.69, 9.17) is 17.3 Å². The van der Waals surface area contributed by atoms with Crippen LogP contribution in [0.2, 0.25) is 5.02 Å². The molecule has 0 aliphatic carbocycles. The second-order valence-corrected chi connectivity index (χ2v) is 4.76. The summed E-state index contributed by atoms with van der Waals surface area (Å²) >= 11 is 5.74. The van der Waals surface area contributed by atoms with Gasteiger partial charge in [0.1, 0.15) is 5.82 Å². The number of likely N-dealkylation sites (tertiary alicyclic amines) is 1. The minimum Gasteiger partial charge on any atom is -0.327 e. The molecule has 1 unspecified atom stereocenters. The monoisotopic (exact) mass is 278 g/mol. The van der Waals surface area contributed by atoms with Crippen molar-refractivity contribution >= 4 is 24.0 Å². The van der Waals surface area contributed by atoms with Gasteiger partial charge in [-0.1, -0.05) is 23.7 Å². The fourth-order valence-corrected chi connectivity index (χ4v) is 2.34. The molecule has 2 rings (SSSR count). The van der Waals surface area contributed by atoms with E-state index in [1.165, 1.54) is 0 Å². The summed E-state index contributed by atoms with van der Waals surface area (Å²) in [6.07, 6.45) is 2.15. The molecule has 1 heterocycles. The first-order chi connectivity index (χ1) is 7.66. The molecule has 2 N–H and O–H groups in total. The van der Waals surface area contributed by atoms with Gasteiger partial charge in [-0.15, -0.1) is 12.4 Å². The van der Waals surface area contributed by atoms with Gasteiger partial charge < -0.3 is 5.73 Å². The first-order valence-corrected chi connectivity index (χ1v) is 5.95. The molecule has 1 fully saturated rings. The number of piperidine rings is 1. The molecule has 0 aromatic heterocycles. The van der Waals surface area contributed by atoms with Crippen LogP contribution in [0.3, 0.4) is 0 Å². The van der Waals surface area contributed by atoms with Crippen LogP contribution in [0.25, 0.3) is 0 Å². The Morgan fingerprint density at radius 1 is 1.47 bits per heavy atom. The summed E-state index contributed by atoms with van der Waals surface area (Å²) in [6.45, 7) is 2.42. The first kappa shape index (κ1) is 14.7. The number of benzene rings is 1. The lowest BCUT2D eigenvalue weighted by molar-refractivity contribution is 0.199. The third-order valence-electron chi connectivity index (χ3n) is 2.97. The highest BCUT2D eigenvalue weighted by Crippen LogP contribution is 2.20. The van der Waals surface area contributed by atoms with Crippen molar-refractivity contribution in [2.45, 2.75) is 25.4 Å². The Morgan fingerprint density at radius 2 is 2.24 bits per heavy atom. The van der Waals surface area contributed by atoms with Crippen molar-refractivity contribution in [1.29, 1.82) is 0 Å². The molecule has 1 atom stereocenters. The number of hydrogen-bond donors (Lipinski definition) is 1. The van der Waals surface area contributed by atoms with Crippen LogP contribution in [0.5, 0.6) is 0 Å². The number of halogens is 3. The fraction of sp³-hybridized carbons (Fsp3) is 0.500. The highest BCUT2D eigenvalue weighted by Gasteiger charge is 2.18. The molecule has 1 aromatic rings. The summed E-state index contributed by atoms with van der Waals surface area (Å²) in [6, 6.07) is 5.35. The third kappa shape index (κ3) is 3.81. The predicted molar refractivity (Wildman–Crippen MR) is 71.1 cm³/mol. The van der Waals surface area contributed by atoms with Gasteiger partial charge in [-0.05, 0) is 25.5 Å². The highest BCUT2D eigenvalue weighted by atomic mass is 35.5. The number of hydrogen-bond acceptors (Lipinski definition) is 2. The van der Waals surface area contributed by atoms with Crippen molar-refractivity contribution < 1.29 is 4.39 Å². The molecule has 0 spiro atoms. The van der Waals surface area contributed by atoms with Crippen LogP contribution in [-0.4, -0.2) is 24.0 Å². The van der Waals surface area contributed by atoms with Crippen LogP contribution in [0.4, 0.5) is 4.39 Å².